The predicted octanol–water partition coefficient (Wildman–Crippen LogP) is 3.83. The van der Waals surface area contributed by atoms with Gasteiger partial charge in [-0.05, 0) is 90.2 Å². The van der Waals surface area contributed by atoms with Crippen LogP contribution in [0.5, 0.6) is 11.6 Å². The van der Waals surface area contributed by atoms with Gasteiger partial charge in [-0.3, -0.25) is 19.1 Å². The number of nitrogens with one attached hydrogen (secondary N) is 3. The lowest BCUT2D eigenvalue weighted by Gasteiger charge is -2.33. The molecule has 16 nitrogen and oxygen atoms in total. The number of amides is 4. The van der Waals surface area contributed by atoms with Crippen molar-refractivity contribution in [2.24, 2.45) is 17.8 Å². The van der Waals surface area contributed by atoms with E-state index >= 15 is 0 Å². The van der Waals surface area contributed by atoms with Crippen LogP contribution in [0.3, 0.4) is 0 Å². The normalized spacial score (nSPS) is 29.4. The first-order chi connectivity index (χ1) is 26.6. The number of sulfonamides is 1. The zero-order valence-electron chi connectivity index (χ0n) is 34.4. The summed E-state index contributed by atoms with van der Waals surface area (Å²) in [6.45, 7) is 10.7. The van der Waals surface area contributed by atoms with Crippen LogP contribution in [0.25, 0.3) is 10.9 Å². The van der Waals surface area contributed by atoms with Crippen LogP contribution in [0.4, 0.5) is 10.7 Å². The first kappa shape index (κ1) is 41.9. The fourth-order valence-corrected chi connectivity index (χ4v) is 8.99. The van der Waals surface area contributed by atoms with E-state index in [1.54, 1.807) is 72.0 Å². The van der Waals surface area contributed by atoms with Gasteiger partial charge in [0.1, 0.15) is 35.1 Å². The van der Waals surface area contributed by atoms with Crippen molar-refractivity contribution in [2.45, 2.75) is 121 Å². The Hall–Kier alpha value is -4.67. The molecule has 1 saturated heterocycles. The Bertz CT molecular complexity index is 2050. The average molecular weight is 812 g/mol. The van der Waals surface area contributed by atoms with E-state index in [4.69, 9.17) is 14.2 Å². The van der Waals surface area contributed by atoms with Crippen LogP contribution in [0, 0.1) is 17.8 Å². The minimum Gasteiger partial charge on any atom is -0.497 e. The highest BCUT2D eigenvalue weighted by Crippen LogP contribution is 2.47. The van der Waals surface area contributed by atoms with E-state index in [0.29, 0.717) is 48.3 Å². The molecule has 17 heteroatoms. The lowest BCUT2D eigenvalue weighted by molar-refractivity contribution is -0.142. The third-order valence-electron chi connectivity index (χ3n) is 11.5. The Morgan fingerprint density at radius 2 is 1.81 bits per heavy atom. The maximum absolute atomic E-state index is 14.9. The van der Waals surface area contributed by atoms with Crippen LogP contribution in [-0.4, -0.2) is 109 Å². The summed E-state index contributed by atoms with van der Waals surface area (Å²) in [6, 6.07) is 3.07. The largest absolute Gasteiger partial charge is 0.497 e. The van der Waals surface area contributed by atoms with E-state index in [1.807, 2.05) is 19.1 Å². The quantitative estimate of drug-likeness (QED) is 0.326. The molecule has 1 unspecified atom stereocenters. The number of fused-ring (bicyclic) bond motifs is 3. The summed E-state index contributed by atoms with van der Waals surface area (Å²) in [4.78, 5) is 69.1. The maximum atomic E-state index is 14.9. The fraction of sp³-hybridized carbons (Fsp3) is 0.650. The Morgan fingerprint density at radius 1 is 1.09 bits per heavy atom. The van der Waals surface area contributed by atoms with Crippen molar-refractivity contribution < 1.29 is 41.8 Å². The molecule has 2 aliphatic heterocycles. The Labute approximate surface area is 334 Å². The first-order valence-electron chi connectivity index (χ1n) is 19.7. The van der Waals surface area contributed by atoms with E-state index in [9.17, 15) is 27.6 Å². The number of carbonyl (C=O) groups is 4. The molecule has 0 spiro atoms. The van der Waals surface area contributed by atoms with Gasteiger partial charge < -0.3 is 34.6 Å². The van der Waals surface area contributed by atoms with Crippen molar-refractivity contribution >= 4 is 50.7 Å². The SMILES string of the molecule is COc1ccc2c(O[C@@H]3C[C@H]4C(=O)N[C@]5(C(=O)NS(=O)(=O)C6(C)CC6)CC5/C=C\CC[C@H](C)C[C@@H](C)[C@H](NC(=O)OC(C)(C)C)C(=O)N4C3)nc(N(C)C)nc2c1. The van der Waals surface area contributed by atoms with Gasteiger partial charge in [0.15, 0.2) is 0 Å². The lowest BCUT2D eigenvalue weighted by Crippen LogP contribution is -2.59. The molecule has 2 aliphatic carbocycles. The molecule has 3 fully saturated rings. The summed E-state index contributed by atoms with van der Waals surface area (Å²) in [7, 11) is 1.13. The van der Waals surface area contributed by atoms with Crippen LogP contribution in [0.2, 0.25) is 0 Å². The van der Waals surface area contributed by atoms with E-state index < -0.39 is 73.8 Å². The second-order valence-corrected chi connectivity index (χ2v) is 19.9. The fourth-order valence-electron chi connectivity index (χ4n) is 7.67. The van der Waals surface area contributed by atoms with Crippen molar-refractivity contribution in [1.82, 2.24) is 30.2 Å². The predicted molar refractivity (Wildman–Crippen MR) is 213 cm³/mol. The highest BCUT2D eigenvalue weighted by atomic mass is 32.2. The van der Waals surface area contributed by atoms with Crippen LogP contribution < -0.4 is 29.7 Å². The molecule has 7 atom stereocenters. The van der Waals surface area contributed by atoms with Crippen LogP contribution in [0.15, 0.2) is 30.4 Å². The molecule has 3 N–H and O–H groups in total. The number of methoxy groups -OCH3 is 1. The molecule has 312 valence electrons. The summed E-state index contributed by atoms with van der Waals surface area (Å²) in [5, 5.41) is 6.31. The molecule has 0 bridgehead atoms. The van der Waals surface area contributed by atoms with Gasteiger partial charge in [0.25, 0.3) is 5.91 Å². The van der Waals surface area contributed by atoms with E-state index in [2.05, 4.69) is 32.2 Å². The number of benzene rings is 1. The monoisotopic (exact) mass is 811 g/mol. The van der Waals surface area contributed by atoms with Crippen LogP contribution in [-0.2, 0) is 29.1 Å². The van der Waals surface area contributed by atoms with Crippen LogP contribution in [0.1, 0.15) is 86.5 Å². The molecule has 4 aliphatic rings. The number of rotatable bonds is 8. The van der Waals surface area contributed by atoms with E-state index in [0.717, 1.165) is 6.42 Å². The van der Waals surface area contributed by atoms with Gasteiger partial charge >= 0.3 is 6.09 Å². The number of allylic oxidation sites excluding steroid dienone is 1. The zero-order chi connectivity index (χ0) is 41.7. The minimum atomic E-state index is -4.01. The molecule has 3 heterocycles. The summed E-state index contributed by atoms with van der Waals surface area (Å²) in [6.07, 6.45) is 5.37. The summed E-state index contributed by atoms with van der Waals surface area (Å²) >= 11 is 0. The van der Waals surface area contributed by atoms with Crippen molar-refractivity contribution in [3.63, 3.8) is 0 Å². The molecule has 2 aromatic rings. The van der Waals surface area contributed by atoms with Gasteiger partial charge in [0.2, 0.25) is 33.7 Å². The molecule has 1 aromatic carbocycles. The maximum Gasteiger partial charge on any atom is 0.408 e. The van der Waals surface area contributed by atoms with Gasteiger partial charge in [-0.25, -0.2) is 18.2 Å². The number of ether oxygens (including phenoxy) is 3. The Morgan fingerprint density at radius 3 is 2.46 bits per heavy atom. The number of alkyl carbamates (subject to hydrolysis) is 1. The summed E-state index contributed by atoms with van der Waals surface area (Å²) < 4.78 is 45.3. The number of hydrogen-bond donors (Lipinski definition) is 3. The first-order valence-corrected chi connectivity index (χ1v) is 21.2. The number of hydrogen-bond acceptors (Lipinski definition) is 12. The molecule has 0 radical (unpaired) electrons. The number of anilines is 1. The summed E-state index contributed by atoms with van der Waals surface area (Å²) in [5.74, 6) is -1.46. The topological polar surface area (TPSA) is 198 Å². The average Bonchev–Trinajstić information content (AvgIpc) is 4.00. The number of nitrogens with zero attached hydrogens (tertiary/aromatic N) is 4. The minimum absolute atomic E-state index is 0.00897. The third-order valence-corrected chi connectivity index (χ3v) is 13.6. The Balaban J connectivity index is 1.37. The lowest BCUT2D eigenvalue weighted by atomic mass is 9.88. The molecule has 57 heavy (non-hydrogen) atoms. The molecular formula is C40H57N7O9S. The molecule has 1 aromatic heterocycles. The van der Waals surface area contributed by atoms with E-state index in [-0.39, 0.29) is 37.1 Å². The molecular weight excluding hydrogens is 755 g/mol. The smallest absolute Gasteiger partial charge is 0.408 e. The van der Waals surface area contributed by atoms with Crippen molar-refractivity contribution in [3.05, 3.63) is 30.4 Å². The molecule has 6 rings (SSSR count). The Kier molecular flexibility index (Phi) is 11.5. The molecule has 2 saturated carbocycles. The van der Waals surface area contributed by atoms with Crippen molar-refractivity contribution in [1.29, 1.82) is 0 Å². The highest BCUT2D eigenvalue weighted by Gasteiger charge is 2.63. The van der Waals surface area contributed by atoms with E-state index in [1.165, 1.54) is 4.90 Å². The number of carbonyl (C=O) groups excluding carboxylic acids is 4. The van der Waals surface area contributed by atoms with Crippen molar-refractivity contribution in [3.8, 4) is 11.6 Å². The summed E-state index contributed by atoms with van der Waals surface area (Å²) in [5.41, 5.74) is -1.82. The van der Waals surface area contributed by atoms with Gasteiger partial charge in [0.05, 0.1) is 29.3 Å². The van der Waals surface area contributed by atoms with Gasteiger partial charge in [0, 0.05) is 32.5 Å². The van der Waals surface area contributed by atoms with Crippen LogP contribution >= 0.6 is 0 Å². The van der Waals surface area contributed by atoms with Crippen molar-refractivity contribution in [2.75, 3.05) is 32.6 Å². The molecule has 4 amide bonds. The van der Waals surface area contributed by atoms with Gasteiger partial charge in [-0.15, -0.1) is 0 Å². The van der Waals surface area contributed by atoms with Gasteiger partial charge in [-0.2, -0.15) is 4.98 Å². The standard InChI is InChI=1S/C40H57N7O9S/c1-23-12-10-11-13-25-21-40(25,35(50)45-57(52,53)39(6)16-17-39)44-32(48)30-20-27(22-47(30)34(49)31(24(2)18-23)42-37(51)56-38(3,4)5)55-33-28-15-14-26(54-9)19-29(28)41-36(43-33)46(7)8/h11,13-15,19,23-25,27,30-31H,10,12,16-18,20-22H2,1-9H3,(H,42,51)(H,44,48)(H,45,50)/b13-11-/t23-,24+,25?,27+,30-,31-,40+/m0/s1. The highest BCUT2D eigenvalue weighted by molar-refractivity contribution is 7.91. The second-order valence-electron chi connectivity index (χ2n) is 17.7. The third kappa shape index (κ3) is 9.07. The van der Waals surface area contributed by atoms with Gasteiger partial charge in [-0.1, -0.05) is 26.0 Å². The number of aromatic nitrogens is 2. The zero-order valence-corrected chi connectivity index (χ0v) is 35.2. The second kappa shape index (κ2) is 15.6.